The van der Waals surface area contributed by atoms with Gasteiger partial charge in [-0.05, 0) is 25.5 Å². The van der Waals surface area contributed by atoms with E-state index in [-0.39, 0.29) is 12.3 Å². The maximum atomic E-state index is 11.5. The Balaban J connectivity index is 2.72. The molecule has 1 aromatic carbocycles. The lowest BCUT2D eigenvalue weighted by Gasteiger charge is -2.17. The van der Waals surface area contributed by atoms with E-state index < -0.39 is 11.9 Å². The van der Waals surface area contributed by atoms with E-state index >= 15 is 0 Å². The van der Waals surface area contributed by atoms with Gasteiger partial charge in [0.15, 0.2) is 0 Å². The van der Waals surface area contributed by atoms with Crippen LogP contribution in [0.25, 0.3) is 0 Å². The third-order valence-electron chi connectivity index (χ3n) is 2.58. The summed E-state index contributed by atoms with van der Waals surface area (Å²) in [6.07, 6.45) is 0.0392. The van der Waals surface area contributed by atoms with Gasteiger partial charge in [-0.2, -0.15) is 0 Å². The molecule has 1 rings (SSSR count). The van der Waals surface area contributed by atoms with Crippen LogP contribution < -0.4 is 16.4 Å². The Morgan fingerprint density at radius 1 is 1.33 bits per heavy atom. The molecule has 0 spiro atoms. The first-order valence-electron chi connectivity index (χ1n) is 5.92. The molecule has 18 heavy (non-hydrogen) atoms. The Morgan fingerprint density at radius 3 is 2.56 bits per heavy atom. The number of aryl methyl sites for hydroxylation is 1. The second-order valence-corrected chi connectivity index (χ2v) is 4.07. The van der Waals surface area contributed by atoms with Gasteiger partial charge in [-0.25, -0.2) is 0 Å². The maximum Gasteiger partial charge on any atom is 0.240 e. The number of anilines is 1. The van der Waals surface area contributed by atoms with Gasteiger partial charge in [-0.3, -0.25) is 9.59 Å². The lowest BCUT2D eigenvalue weighted by molar-refractivity contribution is -0.125. The van der Waals surface area contributed by atoms with Crippen molar-refractivity contribution in [2.45, 2.75) is 26.3 Å². The van der Waals surface area contributed by atoms with Crippen LogP contribution in [0.4, 0.5) is 5.69 Å². The first kappa shape index (κ1) is 14.0. The van der Waals surface area contributed by atoms with Crippen molar-refractivity contribution in [2.24, 2.45) is 5.73 Å². The van der Waals surface area contributed by atoms with Crippen LogP contribution in [0.5, 0.6) is 0 Å². The van der Waals surface area contributed by atoms with Crippen LogP contribution in [-0.2, 0) is 9.59 Å². The Hall–Kier alpha value is -2.04. The van der Waals surface area contributed by atoms with Gasteiger partial charge in [0.1, 0.15) is 6.04 Å². The van der Waals surface area contributed by atoms with Crippen LogP contribution in [-0.4, -0.2) is 24.4 Å². The van der Waals surface area contributed by atoms with Crippen molar-refractivity contribution < 1.29 is 9.59 Å². The second kappa shape index (κ2) is 6.64. The first-order chi connectivity index (χ1) is 8.54. The number of hydrogen-bond acceptors (Lipinski definition) is 3. The van der Waals surface area contributed by atoms with Gasteiger partial charge in [0, 0.05) is 12.2 Å². The quantitative estimate of drug-likeness (QED) is 0.696. The van der Waals surface area contributed by atoms with Crippen LogP contribution in [0.3, 0.4) is 0 Å². The predicted molar refractivity (Wildman–Crippen MR) is 71.1 cm³/mol. The molecule has 98 valence electrons. The maximum absolute atomic E-state index is 11.5. The van der Waals surface area contributed by atoms with E-state index in [4.69, 9.17) is 5.73 Å². The molecule has 0 aliphatic carbocycles. The summed E-state index contributed by atoms with van der Waals surface area (Å²) in [5, 5.41) is 5.65. The minimum absolute atomic E-state index is 0.0392. The Kier molecular flexibility index (Phi) is 5.17. The van der Waals surface area contributed by atoms with E-state index in [2.05, 4.69) is 10.6 Å². The van der Waals surface area contributed by atoms with Crippen LogP contribution >= 0.6 is 0 Å². The molecule has 0 bridgehead atoms. The molecule has 5 heteroatoms. The molecule has 4 N–H and O–H groups in total. The highest BCUT2D eigenvalue weighted by Gasteiger charge is 2.19. The van der Waals surface area contributed by atoms with Crippen molar-refractivity contribution in [3.8, 4) is 0 Å². The van der Waals surface area contributed by atoms with Crippen LogP contribution in [0.2, 0.25) is 0 Å². The third kappa shape index (κ3) is 4.08. The number of hydrogen-bond donors (Lipinski definition) is 3. The average Bonchev–Trinajstić information content (AvgIpc) is 2.31. The summed E-state index contributed by atoms with van der Waals surface area (Å²) in [6, 6.07) is 6.84. The summed E-state index contributed by atoms with van der Waals surface area (Å²) >= 11 is 0. The molecule has 0 heterocycles. The van der Waals surface area contributed by atoms with Crippen molar-refractivity contribution in [1.29, 1.82) is 0 Å². The molecule has 0 aromatic heterocycles. The van der Waals surface area contributed by atoms with Gasteiger partial charge in [-0.15, -0.1) is 0 Å². The van der Waals surface area contributed by atoms with Crippen molar-refractivity contribution >= 4 is 17.5 Å². The molecule has 0 aliphatic rings. The molecule has 0 fully saturated rings. The fourth-order valence-electron chi connectivity index (χ4n) is 1.60. The number of carbonyl (C=O) groups is 2. The minimum Gasteiger partial charge on any atom is -0.373 e. The van der Waals surface area contributed by atoms with Gasteiger partial charge in [0.25, 0.3) is 0 Å². The highest BCUT2D eigenvalue weighted by atomic mass is 16.2. The van der Waals surface area contributed by atoms with E-state index in [1.54, 1.807) is 0 Å². The Bertz CT molecular complexity index is 432. The number of rotatable bonds is 6. The smallest absolute Gasteiger partial charge is 0.240 e. The van der Waals surface area contributed by atoms with E-state index in [0.717, 1.165) is 11.3 Å². The molecular weight excluding hydrogens is 230 g/mol. The van der Waals surface area contributed by atoms with Crippen LogP contribution in [0.15, 0.2) is 24.3 Å². The number of amides is 2. The summed E-state index contributed by atoms with van der Waals surface area (Å²) in [5.41, 5.74) is 7.11. The highest BCUT2D eigenvalue weighted by molar-refractivity contribution is 5.89. The zero-order valence-corrected chi connectivity index (χ0v) is 10.7. The molecule has 1 aromatic rings. The molecule has 1 unspecified atom stereocenters. The lowest BCUT2D eigenvalue weighted by Crippen LogP contribution is -2.40. The molecule has 1 atom stereocenters. The normalized spacial score (nSPS) is 11.7. The predicted octanol–water partition coefficient (Wildman–Crippen LogP) is 0.787. The first-order valence-corrected chi connectivity index (χ1v) is 5.92. The van der Waals surface area contributed by atoms with E-state index in [1.807, 2.05) is 38.1 Å². The van der Waals surface area contributed by atoms with Gasteiger partial charge < -0.3 is 16.4 Å². The monoisotopic (exact) mass is 249 g/mol. The zero-order chi connectivity index (χ0) is 13.5. The molecular formula is C13H19N3O2. The topological polar surface area (TPSA) is 84.2 Å². The van der Waals surface area contributed by atoms with Crippen LogP contribution in [0, 0.1) is 6.92 Å². The van der Waals surface area contributed by atoms with Crippen molar-refractivity contribution in [3.63, 3.8) is 0 Å². The Morgan fingerprint density at radius 2 is 2.00 bits per heavy atom. The largest absolute Gasteiger partial charge is 0.373 e. The number of nitrogens with two attached hydrogens (primary N) is 1. The van der Waals surface area contributed by atoms with Gasteiger partial charge in [0.2, 0.25) is 11.8 Å². The minimum atomic E-state index is -0.697. The molecule has 5 nitrogen and oxygen atoms in total. The second-order valence-electron chi connectivity index (χ2n) is 4.07. The standard InChI is InChI=1S/C13H19N3O2/c1-3-15-12(17)8-11(13(14)18)16-10-7-5-4-6-9(10)2/h4-7,11,16H,3,8H2,1-2H3,(H2,14,18)(H,15,17). The SMILES string of the molecule is CCNC(=O)CC(Nc1ccccc1C)C(N)=O. The molecule has 0 radical (unpaired) electrons. The van der Waals surface area contributed by atoms with E-state index in [1.165, 1.54) is 0 Å². The molecule has 0 aliphatic heterocycles. The van der Waals surface area contributed by atoms with Crippen LogP contribution in [0.1, 0.15) is 18.9 Å². The summed E-state index contributed by atoms with van der Waals surface area (Å²) in [5.74, 6) is -0.730. The number of para-hydroxylation sites is 1. The third-order valence-corrected chi connectivity index (χ3v) is 2.58. The Labute approximate surface area is 107 Å². The van der Waals surface area contributed by atoms with E-state index in [0.29, 0.717) is 6.54 Å². The average molecular weight is 249 g/mol. The van der Waals surface area contributed by atoms with E-state index in [9.17, 15) is 9.59 Å². The summed E-state index contributed by atoms with van der Waals surface area (Å²) in [4.78, 5) is 22.8. The molecule has 2 amide bonds. The summed E-state index contributed by atoms with van der Waals surface area (Å²) in [6.45, 7) is 4.28. The summed E-state index contributed by atoms with van der Waals surface area (Å²) in [7, 11) is 0. The molecule has 0 saturated heterocycles. The zero-order valence-electron chi connectivity index (χ0n) is 10.7. The number of benzene rings is 1. The fourth-order valence-corrected chi connectivity index (χ4v) is 1.60. The van der Waals surface area contributed by atoms with Crippen molar-refractivity contribution in [3.05, 3.63) is 29.8 Å². The van der Waals surface area contributed by atoms with Gasteiger partial charge >= 0.3 is 0 Å². The number of carbonyl (C=O) groups excluding carboxylic acids is 2. The van der Waals surface area contributed by atoms with Gasteiger partial charge in [0.05, 0.1) is 6.42 Å². The van der Waals surface area contributed by atoms with Crippen molar-refractivity contribution in [2.75, 3.05) is 11.9 Å². The van der Waals surface area contributed by atoms with Gasteiger partial charge in [-0.1, -0.05) is 18.2 Å². The highest BCUT2D eigenvalue weighted by Crippen LogP contribution is 2.15. The molecule has 0 saturated carbocycles. The lowest BCUT2D eigenvalue weighted by atomic mass is 10.1. The number of primary amides is 1. The van der Waals surface area contributed by atoms with Crippen molar-refractivity contribution in [1.82, 2.24) is 5.32 Å². The number of nitrogens with one attached hydrogen (secondary N) is 2. The fraction of sp³-hybridized carbons (Fsp3) is 0.385. The summed E-state index contributed by atoms with van der Waals surface area (Å²) < 4.78 is 0.